The minimum Gasteiger partial charge on any atom is -0.506 e. The number of phenolic OH excluding ortho intramolecular Hbond substituents is 1. The molecule has 0 aliphatic carbocycles. The number of hydrogen-bond donors (Lipinski definition) is 2. The molecule has 0 spiro atoms. The number of anilines is 1. The van der Waals surface area contributed by atoms with Crippen LogP contribution in [0.4, 0.5) is 5.69 Å². The van der Waals surface area contributed by atoms with Crippen LogP contribution in [0, 0.1) is 5.92 Å². The summed E-state index contributed by atoms with van der Waals surface area (Å²) in [4.78, 5) is 12.2. The molecule has 0 radical (unpaired) electrons. The third-order valence-corrected chi connectivity index (χ3v) is 5.55. The molecule has 0 bridgehead atoms. The largest absolute Gasteiger partial charge is 0.506 e. The van der Waals surface area contributed by atoms with Gasteiger partial charge in [-0.05, 0) is 50.9 Å². The third-order valence-electron chi connectivity index (χ3n) is 5.55. The Hall–Kier alpha value is -1.95. The minimum atomic E-state index is 0.365. The van der Waals surface area contributed by atoms with E-state index in [-0.39, 0.29) is 0 Å². The van der Waals surface area contributed by atoms with E-state index in [2.05, 4.69) is 33.9 Å². The molecular weight excluding hydrogens is 338 g/mol. The zero-order chi connectivity index (χ0) is 19.1. The van der Waals surface area contributed by atoms with Crippen LogP contribution >= 0.6 is 0 Å². The lowest BCUT2D eigenvalue weighted by Crippen LogP contribution is -2.52. The van der Waals surface area contributed by atoms with Gasteiger partial charge in [-0.3, -0.25) is 4.99 Å². The predicted molar refractivity (Wildman–Crippen MR) is 113 cm³/mol. The van der Waals surface area contributed by atoms with Gasteiger partial charge >= 0.3 is 0 Å². The Bertz CT molecular complexity index is 612. The van der Waals surface area contributed by atoms with Crippen LogP contribution in [-0.4, -0.2) is 79.8 Å². The highest BCUT2D eigenvalue weighted by molar-refractivity contribution is 5.80. The fourth-order valence-electron chi connectivity index (χ4n) is 4.11. The highest BCUT2D eigenvalue weighted by Crippen LogP contribution is 2.27. The molecular formula is C21H35N5O. The van der Waals surface area contributed by atoms with E-state index in [1.807, 2.05) is 18.2 Å². The molecule has 27 heavy (non-hydrogen) atoms. The van der Waals surface area contributed by atoms with Gasteiger partial charge in [0, 0.05) is 45.8 Å². The molecule has 0 amide bonds. The van der Waals surface area contributed by atoms with Crippen molar-refractivity contribution in [3.8, 4) is 5.75 Å². The first-order chi connectivity index (χ1) is 13.2. The number of rotatable bonds is 6. The molecule has 6 heteroatoms. The lowest BCUT2D eigenvalue weighted by molar-refractivity contribution is 0.325. The van der Waals surface area contributed by atoms with Gasteiger partial charge in [0.15, 0.2) is 5.96 Å². The first-order valence-corrected chi connectivity index (χ1v) is 10.5. The van der Waals surface area contributed by atoms with Gasteiger partial charge in [-0.25, -0.2) is 0 Å². The molecule has 2 aliphatic heterocycles. The number of nitrogens with zero attached hydrogens (tertiary/aromatic N) is 4. The van der Waals surface area contributed by atoms with E-state index in [0.717, 1.165) is 50.9 Å². The average Bonchev–Trinajstić information content (AvgIpc) is 3.14. The molecule has 2 N–H and O–H groups in total. The number of aromatic hydroxyl groups is 1. The summed E-state index contributed by atoms with van der Waals surface area (Å²) in [6.45, 7) is 13.5. The van der Waals surface area contributed by atoms with Crippen molar-refractivity contribution in [2.24, 2.45) is 10.9 Å². The molecule has 1 atom stereocenters. The summed E-state index contributed by atoms with van der Waals surface area (Å²) in [5.41, 5.74) is 0.932. The monoisotopic (exact) mass is 373 g/mol. The summed E-state index contributed by atoms with van der Waals surface area (Å²) in [7, 11) is 0. The van der Waals surface area contributed by atoms with Crippen LogP contribution in [-0.2, 0) is 0 Å². The minimum absolute atomic E-state index is 0.365. The van der Waals surface area contributed by atoms with Crippen molar-refractivity contribution in [2.45, 2.75) is 26.7 Å². The molecule has 3 rings (SSSR count). The van der Waals surface area contributed by atoms with Gasteiger partial charge in [-0.15, -0.1) is 0 Å². The Morgan fingerprint density at radius 1 is 1.15 bits per heavy atom. The molecule has 1 aromatic rings. The van der Waals surface area contributed by atoms with Crippen molar-refractivity contribution in [2.75, 3.05) is 63.8 Å². The van der Waals surface area contributed by atoms with Gasteiger partial charge in [0.1, 0.15) is 5.75 Å². The zero-order valence-electron chi connectivity index (χ0n) is 16.9. The second kappa shape index (κ2) is 9.83. The van der Waals surface area contributed by atoms with Gasteiger partial charge in [0.05, 0.1) is 5.69 Å². The van der Waals surface area contributed by atoms with E-state index in [1.54, 1.807) is 6.07 Å². The Labute approximate surface area is 163 Å². The number of para-hydroxylation sites is 2. The molecule has 2 aliphatic rings. The Morgan fingerprint density at radius 2 is 1.93 bits per heavy atom. The van der Waals surface area contributed by atoms with Crippen molar-refractivity contribution < 1.29 is 5.11 Å². The van der Waals surface area contributed by atoms with Crippen LogP contribution in [0.5, 0.6) is 5.75 Å². The number of phenols is 1. The summed E-state index contributed by atoms with van der Waals surface area (Å²) >= 11 is 0. The highest BCUT2D eigenvalue weighted by Gasteiger charge is 2.24. The Morgan fingerprint density at radius 3 is 2.63 bits per heavy atom. The van der Waals surface area contributed by atoms with Gasteiger partial charge in [0.25, 0.3) is 0 Å². The Kier molecular flexibility index (Phi) is 7.21. The topological polar surface area (TPSA) is 54.3 Å². The molecule has 2 fully saturated rings. The second-order valence-electron chi connectivity index (χ2n) is 7.61. The van der Waals surface area contributed by atoms with Crippen molar-refractivity contribution in [1.29, 1.82) is 0 Å². The van der Waals surface area contributed by atoms with Gasteiger partial charge in [-0.1, -0.05) is 19.1 Å². The maximum Gasteiger partial charge on any atom is 0.194 e. The van der Waals surface area contributed by atoms with E-state index in [0.29, 0.717) is 11.7 Å². The van der Waals surface area contributed by atoms with E-state index >= 15 is 0 Å². The molecule has 6 nitrogen and oxygen atoms in total. The lowest BCUT2D eigenvalue weighted by atomic mass is 10.1. The molecule has 2 heterocycles. The van der Waals surface area contributed by atoms with Crippen molar-refractivity contribution in [3.63, 3.8) is 0 Å². The van der Waals surface area contributed by atoms with Crippen LogP contribution in [0.15, 0.2) is 29.3 Å². The van der Waals surface area contributed by atoms with E-state index < -0.39 is 0 Å². The number of guanidine groups is 1. The van der Waals surface area contributed by atoms with E-state index in [9.17, 15) is 5.11 Å². The smallest absolute Gasteiger partial charge is 0.194 e. The fourth-order valence-corrected chi connectivity index (χ4v) is 4.11. The molecule has 0 aromatic heterocycles. The molecule has 1 unspecified atom stereocenters. The van der Waals surface area contributed by atoms with Gasteiger partial charge in [-0.2, -0.15) is 0 Å². The van der Waals surface area contributed by atoms with E-state index in [1.165, 1.54) is 32.5 Å². The predicted octanol–water partition coefficient (Wildman–Crippen LogP) is 2.21. The maximum atomic E-state index is 10.1. The second-order valence-corrected chi connectivity index (χ2v) is 7.61. The van der Waals surface area contributed by atoms with Crippen LogP contribution in [0.25, 0.3) is 0 Å². The molecule has 150 valence electrons. The zero-order valence-corrected chi connectivity index (χ0v) is 16.9. The quantitative estimate of drug-likeness (QED) is 0.591. The Balaban J connectivity index is 1.54. The van der Waals surface area contributed by atoms with Crippen LogP contribution < -0.4 is 10.2 Å². The summed E-state index contributed by atoms with van der Waals surface area (Å²) in [5, 5.41) is 13.6. The number of likely N-dealkylation sites (tertiary alicyclic amines) is 1. The first-order valence-electron chi connectivity index (χ1n) is 10.5. The first kappa shape index (κ1) is 19.8. The summed E-state index contributed by atoms with van der Waals surface area (Å²) in [6.07, 6.45) is 2.50. The summed E-state index contributed by atoms with van der Waals surface area (Å²) in [5.74, 6) is 2.10. The summed E-state index contributed by atoms with van der Waals surface area (Å²) in [6, 6.07) is 7.61. The van der Waals surface area contributed by atoms with Gasteiger partial charge < -0.3 is 25.1 Å². The van der Waals surface area contributed by atoms with Crippen molar-refractivity contribution in [3.05, 3.63) is 24.3 Å². The number of benzene rings is 1. The number of aliphatic imine (C=N–C) groups is 1. The number of hydrogen-bond acceptors (Lipinski definition) is 4. The van der Waals surface area contributed by atoms with Crippen LogP contribution in [0.2, 0.25) is 0 Å². The number of nitrogens with one attached hydrogen (secondary N) is 1. The van der Waals surface area contributed by atoms with Crippen LogP contribution in [0.3, 0.4) is 0 Å². The molecule has 0 saturated carbocycles. The summed E-state index contributed by atoms with van der Waals surface area (Å²) < 4.78 is 0. The highest BCUT2D eigenvalue weighted by atomic mass is 16.3. The fraction of sp³-hybridized carbons (Fsp3) is 0.667. The van der Waals surface area contributed by atoms with Crippen molar-refractivity contribution >= 4 is 11.6 Å². The number of piperazine rings is 1. The van der Waals surface area contributed by atoms with Crippen molar-refractivity contribution in [1.82, 2.24) is 15.1 Å². The van der Waals surface area contributed by atoms with Gasteiger partial charge in [0.2, 0.25) is 0 Å². The average molecular weight is 374 g/mol. The molecule has 1 aromatic carbocycles. The SMILES string of the molecule is CCCN1CCC(CN=C(NCC)N2CCN(c3ccccc3O)CC2)C1. The standard InChI is InChI=1S/C21H35N5O/c1-3-10-24-11-9-18(17-24)16-23-21(22-4-2)26-14-12-25(13-15-26)19-7-5-6-8-20(19)27/h5-8,18,27H,3-4,9-17H2,1-2H3,(H,22,23). The lowest BCUT2D eigenvalue weighted by Gasteiger charge is -2.38. The maximum absolute atomic E-state index is 10.1. The van der Waals surface area contributed by atoms with Crippen LogP contribution in [0.1, 0.15) is 26.7 Å². The molecule has 2 saturated heterocycles. The van der Waals surface area contributed by atoms with E-state index in [4.69, 9.17) is 4.99 Å². The third kappa shape index (κ3) is 5.28. The normalized spacial score (nSPS) is 21.7.